The van der Waals surface area contributed by atoms with E-state index in [1.165, 1.54) is 24.3 Å². The summed E-state index contributed by atoms with van der Waals surface area (Å²) in [6.07, 6.45) is 5.63. The number of hydrogen-bond donors (Lipinski definition) is 1. The minimum Gasteiger partial charge on any atom is -0.358 e. The topological polar surface area (TPSA) is 66.5 Å². The van der Waals surface area contributed by atoms with E-state index in [-0.39, 0.29) is 23.0 Å². The number of hydrogen-bond acceptors (Lipinski definition) is 4. The van der Waals surface area contributed by atoms with Crippen molar-refractivity contribution in [1.29, 1.82) is 0 Å². The van der Waals surface area contributed by atoms with Gasteiger partial charge in [0.1, 0.15) is 17.3 Å². The second-order valence-electron chi connectivity index (χ2n) is 11.3. The molecule has 1 N–H and O–H groups in total. The van der Waals surface area contributed by atoms with E-state index in [1.54, 1.807) is 12.1 Å². The lowest BCUT2D eigenvalue weighted by Crippen LogP contribution is -2.49. The van der Waals surface area contributed by atoms with Crippen molar-refractivity contribution in [2.45, 2.75) is 37.3 Å². The van der Waals surface area contributed by atoms with Crippen LogP contribution in [0.3, 0.4) is 0 Å². The SMILES string of the molecule is CCCc1ccc(C(=O)[C@@H]2[C@H](C(=O)c3ccc(F)cc3)N3C=Cc4ccccc4[C@H]3[C@]23C(=O)Nc2ccccc23)cc1. The molecule has 0 unspecified atom stereocenters. The first-order valence-electron chi connectivity index (χ1n) is 14.3. The molecule has 0 bridgehead atoms. The van der Waals surface area contributed by atoms with Crippen LogP contribution in [0.25, 0.3) is 6.08 Å². The molecule has 4 atom stereocenters. The summed E-state index contributed by atoms with van der Waals surface area (Å²) >= 11 is 0. The first-order valence-corrected chi connectivity index (χ1v) is 14.3. The van der Waals surface area contributed by atoms with E-state index in [9.17, 15) is 18.8 Å². The maximum absolute atomic E-state index is 14.8. The number of benzene rings is 4. The fourth-order valence-corrected chi connectivity index (χ4v) is 7.26. The highest BCUT2D eigenvalue weighted by atomic mass is 19.1. The highest BCUT2D eigenvalue weighted by Crippen LogP contribution is 2.62. The van der Waals surface area contributed by atoms with Crippen molar-refractivity contribution in [2.24, 2.45) is 5.92 Å². The number of nitrogens with zero attached hydrogens (tertiary/aromatic N) is 1. The number of Topliss-reactive ketones (excluding diaryl/α,β-unsaturated/α-hetero) is 2. The predicted molar refractivity (Wildman–Crippen MR) is 160 cm³/mol. The van der Waals surface area contributed by atoms with Crippen molar-refractivity contribution in [3.63, 3.8) is 0 Å². The lowest BCUT2D eigenvalue weighted by atomic mass is 9.62. The smallest absolute Gasteiger partial charge is 0.238 e. The molecule has 4 aromatic rings. The van der Waals surface area contributed by atoms with E-state index in [0.29, 0.717) is 16.8 Å². The first kappa shape index (κ1) is 26.1. The maximum Gasteiger partial charge on any atom is 0.238 e. The number of carbonyl (C=O) groups excluding carboxylic acids is 3. The number of carbonyl (C=O) groups is 3. The van der Waals surface area contributed by atoms with Crippen molar-refractivity contribution in [2.75, 3.05) is 5.32 Å². The largest absolute Gasteiger partial charge is 0.358 e. The molecule has 3 aliphatic rings. The monoisotopic (exact) mass is 556 g/mol. The molecule has 0 aliphatic carbocycles. The van der Waals surface area contributed by atoms with Crippen LogP contribution in [0.15, 0.2) is 103 Å². The Labute approximate surface area is 243 Å². The summed E-state index contributed by atoms with van der Waals surface area (Å²) in [4.78, 5) is 45.7. The Hall–Kier alpha value is -4.84. The molecule has 3 aliphatic heterocycles. The molecule has 208 valence electrons. The van der Waals surface area contributed by atoms with Gasteiger partial charge in [0.2, 0.25) is 5.91 Å². The van der Waals surface area contributed by atoms with Crippen LogP contribution in [-0.2, 0) is 16.6 Å². The number of aryl methyl sites for hydroxylation is 1. The molecule has 0 radical (unpaired) electrons. The van der Waals surface area contributed by atoms with Crippen LogP contribution >= 0.6 is 0 Å². The fraction of sp³-hybridized carbons (Fsp3) is 0.194. The Morgan fingerprint density at radius 1 is 0.857 bits per heavy atom. The molecule has 4 aromatic carbocycles. The number of amides is 1. The summed E-state index contributed by atoms with van der Waals surface area (Å²) in [7, 11) is 0. The van der Waals surface area contributed by atoms with Gasteiger partial charge in [-0.3, -0.25) is 14.4 Å². The molecule has 42 heavy (non-hydrogen) atoms. The molecule has 1 fully saturated rings. The van der Waals surface area contributed by atoms with Gasteiger partial charge in [0.05, 0.1) is 12.0 Å². The minimum atomic E-state index is -1.39. The fourth-order valence-electron chi connectivity index (χ4n) is 7.26. The molecule has 7 rings (SSSR count). The van der Waals surface area contributed by atoms with Crippen molar-refractivity contribution < 1.29 is 18.8 Å². The summed E-state index contributed by atoms with van der Waals surface area (Å²) in [5, 5.41) is 3.06. The predicted octanol–water partition coefficient (Wildman–Crippen LogP) is 6.76. The number of para-hydroxylation sites is 1. The van der Waals surface area contributed by atoms with E-state index in [0.717, 1.165) is 29.5 Å². The van der Waals surface area contributed by atoms with Gasteiger partial charge < -0.3 is 10.2 Å². The molecule has 1 saturated heterocycles. The van der Waals surface area contributed by atoms with Gasteiger partial charge in [-0.25, -0.2) is 4.39 Å². The maximum atomic E-state index is 14.8. The summed E-state index contributed by atoms with van der Waals surface area (Å²) < 4.78 is 13.9. The highest BCUT2D eigenvalue weighted by Gasteiger charge is 2.70. The average molecular weight is 557 g/mol. The molecule has 3 heterocycles. The van der Waals surface area contributed by atoms with Crippen molar-refractivity contribution in [3.05, 3.63) is 142 Å². The molecule has 0 aromatic heterocycles. The molecule has 5 nitrogen and oxygen atoms in total. The molecule has 1 amide bonds. The van der Waals surface area contributed by atoms with Gasteiger partial charge in [-0.2, -0.15) is 0 Å². The molecule has 1 spiro atoms. The molecular formula is C36H29FN2O3. The zero-order chi connectivity index (χ0) is 29.0. The van der Waals surface area contributed by atoms with E-state index in [4.69, 9.17) is 0 Å². The Bertz CT molecular complexity index is 1760. The summed E-state index contributed by atoms with van der Waals surface area (Å²) in [5.74, 6) is -2.43. The van der Waals surface area contributed by atoms with E-state index in [2.05, 4.69) is 12.2 Å². The van der Waals surface area contributed by atoms with Gasteiger partial charge >= 0.3 is 0 Å². The van der Waals surface area contributed by atoms with E-state index < -0.39 is 29.2 Å². The van der Waals surface area contributed by atoms with Crippen molar-refractivity contribution >= 4 is 29.2 Å². The van der Waals surface area contributed by atoms with Crippen LogP contribution in [0.4, 0.5) is 10.1 Å². The number of fused-ring (bicyclic) bond motifs is 6. The molecular weight excluding hydrogens is 527 g/mol. The summed E-state index contributed by atoms with van der Waals surface area (Å²) in [6.45, 7) is 2.10. The van der Waals surface area contributed by atoms with Crippen LogP contribution in [0, 0.1) is 11.7 Å². The normalized spacial score (nSPS) is 23.3. The second kappa shape index (κ2) is 9.91. The number of anilines is 1. The number of nitrogens with one attached hydrogen (secondary N) is 1. The lowest BCUT2D eigenvalue weighted by Gasteiger charge is -2.38. The molecule has 0 saturated carbocycles. The minimum absolute atomic E-state index is 0.273. The third-order valence-corrected chi connectivity index (χ3v) is 9.03. The Kier molecular flexibility index (Phi) is 6.15. The first-order chi connectivity index (χ1) is 20.4. The van der Waals surface area contributed by atoms with Crippen LogP contribution < -0.4 is 5.32 Å². The van der Waals surface area contributed by atoms with E-state index in [1.807, 2.05) is 77.8 Å². The van der Waals surface area contributed by atoms with Crippen LogP contribution in [0.1, 0.15) is 62.4 Å². The van der Waals surface area contributed by atoms with Crippen LogP contribution in [-0.4, -0.2) is 28.4 Å². The lowest BCUT2D eigenvalue weighted by molar-refractivity contribution is -0.122. The third kappa shape index (κ3) is 3.71. The van der Waals surface area contributed by atoms with Crippen LogP contribution in [0.5, 0.6) is 0 Å². The summed E-state index contributed by atoms with van der Waals surface area (Å²) in [5.41, 5.74) is 3.60. The zero-order valence-corrected chi connectivity index (χ0v) is 23.1. The van der Waals surface area contributed by atoms with E-state index >= 15 is 0 Å². The Balaban J connectivity index is 1.50. The summed E-state index contributed by atoms with van der Waals surface area (Å²) in [6, 6.07) is 26.5. The van der Waals surface area contributed by atoms with Gasteiger partial charge in [-0.1, -0.05) is 80.1 Å². The number of ketones is 2. The zero-order valence-electron chi connectivity index (χ0n) is 23.1. The molecule has 6 heteroatoms. The quantitative estimate of drug-likeness (QED) is 0.267. The van der Waals surface area contributed by atoms with Gasteiger partial charge in [0.25, 0.3) is 0 Å². The number of halogens is 1. The Morgan fingerprint density at radius 3 is 2.29 bits per heavy atom. The average Bonchev–Trinajstić information content (AvgIpc) is 3.49. The number of rotatable bonds is 6. The third-order valence-electron chi connectivity index (χ3n) is 9.03. The van der Waals surface area contributed by atoms with Crippen molar-refractivity contribution in [3.8, 4) is 0 Å². The highest BCUT2D eigenvalue weighted by molar-refractivity contribution is 6.16. The van der Waals surface area contributed by atoms with Gasteiger partial charge in [0.15, 0.2) is 11.6 Å². The van der Waals surface area contributed by atoms with Crippen molar-refractivity contribution in [1.82, 2.24) is 4.90 Å². The van der Waals surface area contributed by atoms with Crippen LogP contribution in [0.2, 0.25) is 0 Å². The Morgan fingerprint density at radius 2 is 1.52 bits per heavy atom. The van der Waals surface area contributed by atoms with Gasteiger partial charge in [-0.05, 0) is 65.1 Å². The van der Waals surface area contributed by atoms with Gasteiger partial charge in [-0.15, -0.1) is 0 Å². The second-order valence-corrected chi connectivity index (χ2v) is 11.3. The van der Waals surface area contributed by atoms with Gasteiger partial charge in [0, 0.05) is 23.0 Å². The standard InChI is InChI=1S/C36H29FN2O3/c1-2-7-22-12-14-24(15-13-22)32(40)30-31(33(41)25-16-18-26(37)19-17-25)39-21-20-23-8-3-4-9-27(23)34(39)36(30)28-10-5-6-11-29(28)38-35(36)42/h3-6,8-21,30-31,34H,2,7H2,1H3,(H,38,42)/t30-,31+,34-,36+/m0/s1.